The van der Waals surface area contributed by atoms with Crippen LogP contribution in [0.25, 0.3) is 22.6 Å². The van der Waals surface area contributed by atoms with Crippen LogP contribution >= 0.6 is 15.9 Å². The molecule has 2 aromatic carbocycles. The van der Waals surface area contributed by atoms with E-state index in [0.29, 0.717) is 11.5 Å². The summed E-state index contributed by atoms with van der Waals surface area (Å²) >= 11 is 3.51. The van der Waals surface area contributed by atoms with Gasteiger partial charge in [0.15, 0.2) is 0 Å². The Morgan fingerprint density at radius 3 is 2.48 bits per heavy atom. The Bertz CT molecular complexity index is 841. The van der Waals surface area contributed by atoms with Gasteiger partial charge >= 0.3 is 0 Å². The maximum Gasteiger partial charge on any atom is 0.251 e. The highest BCUT2D eigenvalue weighted by molar-refractivity contribution is 9.10. The molecule has 0 saturated carbocycles. The van der Waals surface area contributed by atoms with Gasteiger partial charge in [0.1, 0.15) is 5.82 Å². The molecule has 0 atom stereocenters. The molecule has 1 heterocycles. The number of nitrogens with zero attached hydrogens (tertiary/aromatic N) is 1. The number of aromatic nitrogens is 2. The Hall–Kier alpha value is -2.20. The van der Waals surface area contributed by atoms with Gasteiger partial charge in [-0.15, -0.1) is 0 Å². The monoisotopic (exact) mass is 340 g/mol. The van der Waals surface area contributed by atoms with E-state index >= 15 is 0 Å². The van der Waals surface area contributed by atoms with Crippen molar-refractivity contribution in [3.05, 3.63) is 75.0 Å². The first-order valence-corrected chi connectivity index (χ1v) is 7.36. The van der Waals surface area contributed by atoms with E-state index in [9.17, 15) is 4.79 Å². The summed E-state index contributed by atoms with van der Waals surface area (Å²) in [4.78, 5) is 19.3. The first-order valence-electron chi connectivity index (χ1n) is 6.57. The van der Waals surface area contributed by atoms with Crippen molar-refractivity contribution in [3.8, 4) is 22.6 Å². The minimum atomic E-state index is -0.157. The Morgan fingerprint density at radius 2 is 1.76 bits per heavy atom. The van der Waals surface area contributed by atoms with Crippen LogP contribution in [0.2, 0.25) is 0 Å². The van der Waals surface area contributed by atoms with Crippen molar-refractivity contribution in [3.63, 3.8) is 0 Å². The molecule has 0 bridgehead atoms. The van der Waals surface area contributed by atoms with E-state index in [-0.39, 0.29) is 5.56 Å². The molecular formula is C17H13BrN2O. The number of rotatable bonds is 2. The van der Waals surface area contributed by atoms with Crippen molar-refractivity contribution in [1.29, 1.82) is 0 Å². The van der Waals surface area contributed by atoms with Gasteiger partial charge in [0.05, 0.1) is 5.69 Å². The fourth-order valence-corrected chi connectivity index (χ4v) is 2.47. The van der Waals surface area contributed by atoms with E-state index in [2.05, 4.69) is 25.9 Å². The van der Waals surface area contributed by atoms with Gasteiger partial charge in [0.25, 0.3) is 5.56 Å². The van der Waals surface area contributed by atoms with Gasteiger partial charge in [-0.1, -0.05) is 58.4 Å². The number of benzene rings is 2. The fourth-order valence-electron chi connectivity index (χ4n) is 2.09. The molecule has 0 unspecified atom stereocenters. The van der Waals surface area contributed by atoms with Crippen LogP contribution in [-0.2, 0) is 0 Å². The first kappa shape index (κ1) is 13.8. The summed E-state index contributed by atoms with van der Waals surface area (Å²) in [6, 6.07) is 17.1. The lowest BCUT2D eigenvalue weighted by molar-refractivity contribution is 1.13. The van der Waals surface area contributed by atoms with Gasteiger partial charge in [0.2, 0.25) is 0 Å². The number of hydrogen-bond donors (Lipinski definition) is 1. The van der Waals surface area contributed by atoms with Crippen LogP contribution in [0.15, 0.2) is 63.9 Å². The molecule has 0 aliphatic heterocycles. The Kier molecular flexibility index (Phi) is 3.71. The molecule has 0 aliphatic carbocycles. The maximum absolute atomic E-state index is 11.9. The van der Waals surface area contributed by atoms with Crippen molar-refractivity contribution in [2.45, 2.75) is 6.92 Å². The van der Waals surface area contributed by atoms with Crippen molar-refractivity contribution >= 4 is 15.9 Å². The summed E-state index contributed by atoms with van der Waals surface area (Å²) < 4.78 is 0.993. The largest absolute Gasteiger partial charge is 0.306 e. The molecule has 3 nitrogen and oxygen atoms in total. The summed E-state index contributed by atoms with van der Waals surface area (Å²) in [5, 5.41) is 0. The zero-order valence-electron chi connectivity index (χ0n) is 11.4. The average molecular weight is 341 g/mol. The topological polar surface area (TPSA) is 45.8 Å². The summed E-state index contributed by atoms with van der Waals surface area (Å²) in [5.74, 6) is 0.571. The molecule has 104 valence electrons. The zero-order chi connectivity index (χ0) is 14.8. The van der Waals surface area contributed by atoms with Crippen LogP contribution in [-0.4, -0.2) is 9.97 Å². The molecule has 1 aromatic heterocycles. The molecule has 3 aromatic rings. The maximum atomic E-state index is 11.9. The Labute approximate surface area is 130 Å². The third kappa shape index (κ3) is 2.95. The number of nitrogens with one attached hydrogen (secondary N) is 1. The van der Waals surface area contributed by atoms with E-state index in [0.717, 1.165) is 21.2 Å². The van der Waals surface area contributed by atoms with E-state index in [1.807, 2.05) is 55.5 Å². The van der Waals surface area contributed by atoms with Gasteiger partial charge < -0.3 is 4.98 Å². The molecule has 0 amide bonds. The summed E-state index contributed by atoms with van der Waals surface area (Å²) in [7, 11) is 0. The highest BCUT2D eigenvalue weighted by Crippen LogP contribution is 2.24. The molecule has 1 N–H and O–H groups in total. The quantitative estimate of drug-likeness (QED) is 0.760. The van der Waals surface area contributed by atoms with Crippen LogP contribution in [0.5, 0.6) is 0 Å². The lowest BCUT2D eigenvalue weighted by Crippen LogP contribution is -2.08. The van der Waals surface area contributed by atoms with Gasteiger partial charge in [-0.25, -0.2) is 4.98 Å². The molecule has 3 rings (SSSR count). The summed E-state index contributed by atoms with van der Waals surface area (Å²) in [6.07, 6.45) is 0. The summed E-state index contributed by atoms with van der Waals surface area (Å²) in [6.45, 7) is 2.02. The van der Waals surface area contributed by atoms with Crippen LogP contribution in [0.1, 0.15) is 5.56 Å². The molecular weight excluding hydrogens is 328 g/mol. The van der Waals surface area contributed by atoms with E-state index in [1.54, 1.807) is 0 Å². The Balaban J connectivity index is 2.14. The molecule has 0 spiro atoms. The zero-order valence-corrected chi connectivity index (χ0v) is 13.0. The number of H-pyrrole nitrogens is 1. The smallest absolute Gasteiger partial charge is 0.251 e. The van der Waals surface area contributed by atoms with E-state index < -0.39 is 0 Å². The van der Waals surface area contributed by atoms with Crippen molar-refractivity contribution in [2.75, 3.05) is 0 Å². The second-order valence-corrected chi connectivity index (χ2v) is 5.66. The van der Waals surface area contributed by atoms with Crippen molar-refractivity contribution in [1.82, 2.24) is 9.97 Å². The Morgan fingerprint density at radius 1 is 1.00 bits per heavy atom. The van der Waals surface area contributed by atoms with Crippen LogP contribution in [0.3, 0.4) is 0 Å². The highest BCUT2D eigenvalue weighted by atomic mass is 79.9. The molecule has 21 heavy (non-hydrogen) atoms. The van der Waals surface area contributed by atoms with Crippen LogP contribution < -0.4 is 5.56 Å². The van der Waals surface area contributed by atoms with Crippen molar-refractivity contribution in [2.24, 2.45) is 0 Å². The molecule has 0 radical (unpaired) electrons. The lowest BCUT2D eigenvalue weighted by Gasteiger charge is -2.06. The predicted molar refractivity (Wildman–Crippen MR) is 88.2 cm³/mol. The standard InChI is InChI=1S/C17H13BrN2O/c1-11-7-8-13(9-14(11)18)17-19-15(10-16(21)20-17)12-5-3-2-4-6-12/h2-10H,1H3,(H,19,20,21). The SMILES string of the molecule is Cc1ccc(-c2nc(-c3ccccc3)cc(=O)[nH]2)cc1Br. The molecule has 0 saturated heterocycles. The number of hydrogen-bond acceptors (Lipinski definition) is 2. The fraction of sp³-hybridized carbons (Fsp3) is 0.0588. The van der Waals surface area contributed by atoms with Gasteiger partial charge in [0, 0.05) is 21.7 Å². The minimum Gasteiger partial charge on any atom is -0.306 e. The van der Waals surface area contributed by atoms with Crippen molar-refractivity contribution < 1.29 is 0 Å². The van der Waals surface area contributed by atoms with Gasteiger partial charge in [-0.2, -0.15) is 0 Å². The molecule has 4 heteroatoms. The third-order valence-electron chi connectivity index (χ3n) is 3.26. The van der Waals surface area contributed by atoms with Crippen LogP contribution in [0, 0.1) is 6.92 Å². The van der Waals surface area contributed by atoms with E-state index in [4.69, 9.17) is 0 Å². The second kappa shape index (κ2) is 5.66. The van der Waals surface area contributed by atoms with Gasteiger partial charge in [-0.05, 0) is 18.6 Å². The molecule has 0 aliphatic rings. The highest BCUT2D eigenvalue weighted by Gasteiger charge is 2.07. The normalized spacial score (nSPS) is 10.6. The second-order valence-electron chi connectivity index (χ2n) is 4.81. The van der Waals surface area contributed by atoms with Gasteiger partial charge in [-0.3, -0.25) is 4.79 Å². The third-order valence-corrected chi connectivity index (χ3v) is 4.11. The van der Waals surface area contributed by atoms with E-state index in [1.165, 1.54) is 6.07 Å². The predicted octanol–water partition coefficient (Wildman–Crippen LogP) is 4.17. The summed E-state index contributed by atoms with van der Waals surface area (Å²) in [5.41, 5.74) is 3.46. The average Bonchev–Trinajstić information content (AvgIpc) is 2.50. The van der Waals surface area contributed by atoms with Crippen LogP contribution in [0.4, 0.5) is 0 Å². The molecule has 0 fully saturated rings. The number of aromatic amines is 1. The lowest BCUT2D eigenvalue weighted by atomic mass is 10.1. The first-order chi connectivity index (χ1) is 10.1. The number of aryl methyl sites for hydroxylation is 1. The minimum absolute atomic E-state index is 0.157. The number of halogens is 1.